The number of carbonyl (C=O) groups excluding carboxylic acids is 2. The van der Waals surface area contributed by atoms with E-state index in [1.807, 2.05) is 0 Å². The maximum Gasteiger partial charge on any atom is 0.224 e. The zero-order valence-corrected chi connectivity index (χ0v) is 8.81. The minimum atomic E-state index is -1.21. The molecule has 2 fully saturated rings. The summed E-state index contributed by atoms with van der Waals surface area (Å²) in [5.41, 5.74) is 4.99. The molecule has 0 spiro atoms. The smallest absolute Gasteiger partial charge is 0.224 e. The molecule has 0 aromatic heterocycles. The van der Waals surface area contributed by atoms with Crippen LogP contribution in [0.5, 0.6) is 0 Å². The highest BCUT2D eigenvalue weighted by Gasteiger charge is 2.34. The van der Waals surface area contributed by atoms with E-state index in [0.29, 0.717) is 26.3 Å². The second-order valence-electron chi connectivity index (χ2n) is 3.84. The van der Waals surface area contributed by atoms with Gasteiger partial charge in [-0.15, -0.1) is 0 Å². The van der Waals surface area contributed by atoms with E-state index < -0.39 is 12.3 Å². The van der Waals surface area contributed by atoms with Crippen molar-refractivity contribution in [1.29, 1.82) is 0 Å². The first-order valence-electron chi connectivity index (χ1n) is 5.27. The van der Waals surface area contributed by atoms with Crippen molar-refractivity contribution in [1.82, 2.24) is 15.8 Å². The summed E-state index contributed by atoms with van der Waals surface area (Å²) in [5.74, 6) is -0.480. The number of rotatable bonds is 2. The van der Waals surface area contributed by atoms with Crippen LogP contribution in [0.15, 0.2) is 0 Å². The van der Waals surface area contributed by atoms with Gasteiger partial charge in [0.25, 0.3) is 0 Å². The van der Waals surface area contributed by atoms with Crippen molar-refractivity contribution in [2.24, 2.45) is 0 Å². The molecule has 90 valence electrons. The fraction of sp³-hybridized carbons (Fsp3) is 0.778. The minimum absolute atomic E-state index is 0.0723. The van der Waals surface area contributed by atoms with Crippen LogP contribution in [0, 0.1) is 0 Å². The number of Topliss-reactive ketones (excluding diaryl/α,β-unsaturated/α-hetero) is 1. The number of aliphatic hydroxyl groups is 1. The highest BCUT2D eigenvalue weighted by molar-refractivity contribution is 5.93. The second-order valence-corrected chi connectivity index (χ2v) is 3.84. The first kappa shape index (κ1) is 11.5. The molecule has 1 amide bonds. The summed E-state index contributed by atoms with van der Waals surface area (Å²) in [6.07, 6.45) is -1.13. The Morgan fingerprint density at radius 3 is 2.69 bits per heavy atom. The van der Waals surface area contributed by atoms with Gasteiger partial charge in [0, 0.05) is 13.1 Å². The Hall–Kier alpha value is -1.02. The van der Waals surface area contributed by atoms with Gasteiger partial charge in [-0.1, -0.05) is 0 Å². The first-order chi connectivity index (χ1) is 7.68. The predicted octanol–water partition coefficient (Wildman–Crippen LogP) is -2.40. The lowest BCUT2D eigenvalue weighted by atomic mass is 10.1. The van der Waals surface area contributed by atoms with Crippen molar-refractivity contribution in [2.75, 3.05) is 26.3 Å². The maximum atomic E-state index is 11.8. The Morgan fingerprint density at radius 2 is 2.12 bits per heavy atom. The zero-order valence-electron chi connectivity index (χ0n) is 8.81. The topological polar surface area (TPSA) is 90.9 Å². The van der Waals surface area contributed by atoms with Gasteiger partial charge in [-0.2, -0.15) is 0 Å². The van der Waals surface area contributed by atoms with E-state index in [1.165, 1.54) is 0 Å². The van der Waals surface area contributed by atoms with Crippen molar-refractivity contribution in [2.45, 2.75) is 18.7 Å². The summed E-state index contributed by atoms with van der Waals surface area (Å²) in [6.45, 7) is 2.21. The Bertz CT molecular complexity index is 290. The van der Waals surface area contributed by atoms with Crippen LogP contribution in [0.3, 0.4) is 0 Å². The summed E-state index contributed by atoms with van der Waals surface area (Å²) in [5, 5.41) is 9.12. The molecular formula is C9H15N3O4. The van der Waals surface area contributed by atoms with E-state index in [1.54, 1.807) is 4.90 Å². The van der Waals surface area contributed by atoms with Gasteiger partial charge in [0.15, 0.2) is 12.0 Å². The van der Waals surface area contributed by atoms with Crippen LogP contribution >= 0.6 is 0 Å². The Kier molecular flexibility index (Phi) is 3.49. The van der Waals surface area contributed by atoms with Gasteiger partial charge in [-0.25, -0.2) is 10.9 Å². The molecule has 2 aliphatic heterocycles. The number of ether oxygens (including phenoxy) is 1. The normalized spacial score (nSPS) is 30.8. The highest BCUT2D eigenvalue weighted by Crippen LogP contribution is 2.07. The van der Waals surface area contributed by atoms with E-state index >= 15 is 0 Å². The number of ketones is 1. The third-order valence-electron chi connectivity index (χ3n) is 2.75. The van der Waals surface area contributed by atoms with Gasteiger partial charge < -0.3 is 14.7 Å². The lowest BCUT2D eigenvalue weighted by Gasteiger charge is -2.27. The van der Waals surface area contributed by atoms with Crippen molar-refractivity contribution in [3.05, 3.63) is 0 Å². The molecule has 0 saturated carbocycles. The van der Waals surface area contributed by atoms with Crippen LogP contribution < -0.4 is 10.9 Å². The van der Waals surface area contributed by atoms with Gasteiger partial charge in [0.05, 0.1) is 25.7 Å². The number of hydrogen-bond donors (Lipinski definition) is 3. The number of nitrogens with zero attached hydrogens (tertiary/aromatic N) is 1. The maximum absolute atomic E-state index is 11.8. The fourth-order valence-electron chi connectivity index (χ4n) is 1.78. The average Bonchev–Trinajstić information content (AvgIpc) is 2.62. The van der Waals surface area contributed by atoms with Gasteiger partial charge in [-0.05, 0) is 0 Å². The van der Waals surface area contributed by atoms with Crippen molar-refractivity contribution >= 4 is 11.7 Å². The van der Waals surface area contributed by atoms with E-state index in [9.17, 15) is 9.59 Å². The largest absolute Gasteiger partial charge is 0.378 e. The van der Waals surface area contributed by atoms with Gasteiger partial charge in [-0.3, -0.25) is 9.59 Å². The number of aliphatic hydroxyl groups excluding tert-OH is 1. The third kappa shape index (κ3) is 2.38. The van der Waals surface area contributed by atoms with Crippen LogP contribution in [0.4, 0.5) is 0 Å². The number of amides is 1. The van der Waals surface area contributed by atoms with Crippen LogP contribution in [0.25, 0.3) is 0 Å². The lowest BCUT2D eigenvalue weighted by Crippen LogP contribution is -2.44. The molecule has 2 aliphatic rings. The van der Waals surface area contributed by atoms with E-state index in [-0.39, 0.29) is 18.1 Å². The zero-order chi connectivity index (χ0) is 11.5. The molecular weight excluding hydrogens is 214 g/mol. The summed E-state index contributed by atoms with van der Waals surface area (Å²) in [4.78, 5) is 24.8. The van der Waals surface area contributed by atoms with Crippen LogP contribution in [0.1, 0.15) is 6.42 Å². The number of hydrazine groups is 1. The van der Waals surface area contributed by atoms with Gasteiger partial charge >= 0.3 is 0 Å². The standard InChI is InChI=1S/C9H15N3O4/c13-7(12-1-3-16-4-2-12)5-6-8(14)9(15)11-10-6/h6,9-11,15H,1-5H2. The van der Waals surface area contributed by atoms with Crippen molar-refractivity contribution in [3.63, 3.8) is 0 Å². The SMILES string of the molecule is O=C1C(O)NNC1CC(=O)N1CCOCC1. The minimum Gasteiger partial charge on any atom is -0.378 e. The van der Waals surface area contributed by atoms with Gasteiger partial charge in [0.1, 0.15) is 0 Å². The van der Waals surface area contributed by atoms with E-state index in [0.717, 1.165) is 0 Å². The predicted molar refractivity (Wildman–Crippen MR) is 53.1 cm³/mol. The summed E-state index contributed by atoms with van der Waals surface area (Å²) in [7, 11) is 0. The highest BCUT2D eigenvalue weighted by atomic mass is 16.5. The van der Waals surface area contributed by atoms with E-state index in [2.05, 4.69) is 10.9 Å². The average molecular weight is 229 g/mol. The monoisotopic (exact) mass is 229 g/mol. The summed E-state index contributed by atoms with van der Waals surface area (Å²) < 4.78 is 5.13. The van der Waals surface area contributed by atoms with Crippen LogP contribution in [-0.4, -0.2) is 60.3 Å². The molecule has 7 nitrogen and oxygen atoms in total. The molecule has 2 unspecified atom stereocenters. The van der Waals surface area contributed by atoms with Gasteiger partial charge in [0.2, 0.25) is 5.91 Å². The number of nitrogens with one attached hydrogen (secondary N) is 2. The molecule has 2 atom stereocenters. The Morgan fingerprint density at radius 1 is 1.44 bits per heavy atom. The van der Waals surface area contributed by atoms with Crippen molar-refractivity contribution in [3.8, 4) is 0 Å². The lowest BCUT2D eigenvalue weighted by molar-refractivity contribution is -0.138. The summed E-state index contributed by atoms with van der Waals surface area (Å²) in [6, 6.07) is -0.634. The second kappa shape index (κ2) is 4.88. The molecule has 2 rings (SSSR count). The molecule has 0 aromatic carbocycles. The molecule has 7 heteroatoms. The Balaban J connectivity index is 1.84. The molecule has 2 heterocycles. The third-order valence-corrected chi connectivity index (χ3v) is 2.75. The molecule has 16 heavy (non-hydrogen) atoms. The molecule has 0 radical (unpaired) electrons. The molecule has 0 aromatic rings. The molecule has 3 N–H and O–H groups in total. The number of carbonyl (C=O) groups is 2. The van der Waals surface area contributed by atoms with Crippen LogP contribution in [0.2, 0.25) is 0 Å². The number of hydrogen-bond acceptors (Lipinski definition) is 6. The quantitative estimate of drug-likeness (QED) is 0.489. The Labute approximate surface area is 92.7 Å². The molecule has 0 bridgehead atoms. The molecule has 0 aliphatic carbocycles. The van der Waals surface area contributed by atoms with Crippen LogP contribution in [-0.2, 0) is 14.3 Å². The first-order valence-corrected chi connectivity index (χ1v) is 5.27. The van der Waals surface area contributed by atoms with Crippen molar-refractivity contribution < 1.29 is 19.4 Å². The molecule has 2 saturated heterocycles. The van der Waals surface area contributed by atoms with E-state index in [4.69, 9.17) is 9.84 Å². The summed E-state index contributed by atoms with van der Waals surface area (Å²) >= 11 is 0. The fourth-order valence-corrected chi connectivity index (χ4v) is 1.78. The number of morpholine rings is 1.